The molecule has 4 nitrogen and oxygen atoms in total. The standard InChI is InChI=1S/C16H13N3O/c17-13-6-3-5-12(8-13)16(20)19-14-9-11-4-1-2-7-15(11)18-10-14/h1-10H,17H2,(H,19,20). The Labute approximate surface area is 116 Å². The van der Waals surface area contributed by atoms with Crippen molar-refractivity contribution in [2.45, 2.75) is 0 Å². The number of nitrogens with two attached hydrogens (primary N) is 1. The molecule has 3 N–H and O–H groups in total. The van der Waals surface area contributed by atoms with E-state index in [1.165, 1.54) is 0 Å². The summed E-state index contributed by atoms with van der Waals surface area (Å²) in [4.78, 5) is 16.4. The fraction of sp³-hybridized carbons (Fsp3) is 0. The molecule has 0 unspecified atom stereocenters. The number of benzene rings is 2. The molecule has 1 heterocycles. The van der Waals surface area contributed by atoms with Gasteiger partial charge in [-0.3, -0.25) is 9.78 Å². The molecule has 20 heavy (non-hydrogen) atoms. The fourth-order valence-corrected chi connectivity index (χ4v) is 2.02. The Morgan fingerprint density at radius 3 is 2.75 bits per heavy atom. The third-order valence-electron chi connectivity index (χ3n) is 3.00. The number of pyridine rings is 1. The average molecular weight is 263 g/mol. The van der Waals surface area contributed by atoms with Crippen molar-refractivity contribution in [3.8, 4) is 0 Å². The van der Waals surface area contributed by atoms with Gasteiger partial charge in [0.1, 0.15) is 0 Å². The monoisotopic (exact) mass is 263 g/mol. The summed E-state index contributed by atoms with van der Waals surface area (Å²) >= 11 is 0. The quantitative estimate of drug-likeness (QED) is 0.698. The second kappa shape index (κ2) is 5.01. The van der Waals surface area contributed by atoms with E-state index < -0.39 is 0 Å². The summed E-state index contributed by atoms with van der Waals surface area (Å²) in [7, 11) is 0. The van der Waals surface area contributed by atoms with Crippen molar-refractivity contribution in [2.24, 2.45) is 0 Å². The topological polar surface area (TPSA) is 68.0 Å². The van der Waals surface area contributed by atoms with Gasteiger partial charge in [-0.15, -0.1) is 0 Å². The number of fused-ring (bicyclic) bond motifs is 1. The summed E-state index contributed by atoms with van der Waals surface area (Å²) in [6.45, 7) is 0. The van der Waals surface area contributed by atoms with Gasteiger partial charge in [0.05, 0.1) is 17.4 Å². The molecule has 0 saturated heterocycles. The van der Waals surface area contributed by atoms with Crippen LogP contribution in [0.4, 0.5) is 11.4 Å². The summed E-state index contributed by atoms with van der Waals surface area (Å²) in [5.74, 6) is -0.200. The first-order chi connectivity index (χ1) is 9.72. The molecule has 0 bridgehead atoms. The van der Waals surface area contributed by atoms with Gasteiger partial charge in [0.25, 0.3) is 5.91 Å². The van der Waals surface area contributed by atoms with Gasteiger partial charge in [-0.2, -0.15) is 0 Å². The first kappa shape index (κ1) is 12.2. The number of anilines is 2. The molecular weight excluding hydrogens is 250 g/mol. The Kier molecular flexibility index (Phi) is 3.05. The molecule has 0 atom stereocenters. The summed E-state index contributed by atoms with van der Waals surface area (Å²) in [5.41, 5.74) is 8.32. The number of hydrogen-bond donors (Lipinski definition) is 2. The van der Waals surface area contributed by atoms with Crippen LogP contribution in [0.25, 0.3) is 10.9 Å². The van der Waals surface area contributed by atoms with Crippen molar-refractivity contribution in [3.05, 3.63) is 66.4 Å². The van der Waals surface area contributed by atoms with Crippen LogP contribution in [0.15, 0.2) is 60.8 Å². The number of nitrogens with zero attached hydrogens (tertiary/aromatic N) is 1. The van der Waals surface area contributed by atoms with Crippen LogP contribution in [-0.2, 0) is 0 Å². The van der Waals surface area contributed by atoms with E-state index in [0.29, 0.717) is 16.9 Å². The smallest absolute Gasteiger partial charge is 0.255 e. The number of carbonyl (C=O) groups excluding carboxylic acids is 1. The van der Waals surface area contributed by atoms with Crippen molar-refractivity contribution in [1.29, 1.82) is 0 Å². The van der Waals surface area contributed by atoms with Crippen LogP contribution in [0.2, 0.25) is 0 Å². The molecule has 3 aromatic rings. The van der Waals surface area contributed by atoms with Gasteiger partial charge in [-0.05, 0) is 30.3 Å². The van der Waals surface area contributed by atoms with Crippen LogP contribution in [0.1, 0.15) is 10.4 Å². The molecule has 2 aromatic carbocycles. The Bertz CT molecular complexity index is 783. The highest BCUT2D eigenvalue weighted by molar-refractivity contribution is 6.05. The molecule has 0 saturated carbocycles. The van der Waals surface area contributed by atoms with Crippen LogP contribution >= 0.6 is 0 Å². The highest BCUT2D eigenvalue weighted by atomic mass is 16.1. The Hall–Kier alpha value is -2.88. The summed E-state index contributed by atoms with van der Waals surface area (Å²) in [6, 6.07) is 16.5. The van der Waals surface area contributed by atoms with E-state index in [1.54, 1.807) is 30.5 Å². The van der Waals surface area contributed by atoms with E-state index in [-0.39, 0.29) is 5.91 Å². The molecular formula is C16H13N3O. The number of para-hydroxylation sites is 1. The molecule has 4 heteroatoms. The summed E-state index contributed by atoms with van der Waals surface area (Å²) in [5, 5.41) is 3.80. The number of carbonyl (C=O) groups is 1. The minimum absolute atomic E-state index is 0.200. The number of nitrogen functional groups attached to an aromatic ring is 1. The van der Waals surface area contributed by atoms with E-state index in [1.807, 2.05) is 30.3 Å². The molecule has 98 valence electrons. The second-order valence-electron chi connectivity index (χ2n) is 4.50. The lowest BCUT2D eigenvalue weighted by Crippen LogP contribution is -2.12. The summed E-state index contributed by atoms with van der Waals surface area (Å²) < 4.78 is 0. The summed E-state index contributed by atoms with van der Waals surface area (Å²) in [6.07, 6.45) is 1.65. The van der Waals surface area contributed by atoms with Crippen molar-refractivity contribution >= 4 is 28.2 Å². The van der Waals surface area contributed by atoms with Gasteiger partial charge < -0.3 is 11.1 Å². The third kappa shape index (κ3) is 2.44. The fourth-order valence-electron chi connectivity index (χ4n) is 2.02. The lowest BCUT2D eigenvalue weighted by atomic mass is 10.2. The van der Waals surface area contributed by atoms with Crippen LogP contribution in [0.5, 0.6) is 0 Å². The van der Waals surface area contributed by atoms with Crippen molar-refractivity contribution in [3.63, 3.8) is 0 Å². The van der Waals surface area contributed by atoms with E-state index in [0.717, 1.165) is 10.9 Å². The molecule has 0 aliphatic carbocycles. The van der Waals surface area contributed by atoms with Gasteiger partial charge in [0.2, 0.25) is 0 Å². The maximum atomic E-state index is 12.1. The zero-order valence-corrected chi connectivity index (χ0v) is 10.7. The average Bonchev–Trinajstić information content (AvgIpc) is 2.47. The highest BCUT2D eigenvalue weighted by Gasteiger charge is 2.06. The van der Waals surface area contributed by atoms with Crippen molar-refractivity contribution in [1.82, 2.24) is 4.98 Å². The van der Waals surface area contributed by atoms with E-state index in [9.17, 15) is 4.79 Å². The highest BCUT2D eigenvalue weighted by Crippen LogP contribution is 2.17. The predicted octanol–water partition coefficient (Wildman–Crippen LogP) is 3.07. The number of amides is 1. The predicted molar refractivity (Wildman–Crippen MR) is 80.6 cm³/mol. The zero-order chi connectivity index (χ0) is 13.9. The Morgan fingerprint density at radius 2 is 1.90 bits per heavy atom. The largest absolute Gasteiger partial charge is 0.399 e. The van der Waals surface area contributed by atoms with E-state index in [4.69, 9.17) is 5.73 Å². The third-order valence-corrected chi connectivity index (χ3v) is 3.00. The van der Waals surface area contributed by atoms with Crippen LogP contribution < -0.4 is 11.1 Å². The molecule has 0 radical (unpaired) electrons. The van der Waals surface area contributed by atoms with Crippen molar-refractivity contribution in [2.75, 3.05) is 11.1 Å². The molecule has 0 aliphatic rings. The molecule has 0 aliphatic heterocycles. The molecule has 0 spiro atoms. The zero-order valence-electron chi connectivity index (χ0n) is 10.7. The molecule has 1 amide bonds. The molecule has 0 fully saturated rings. The Morgan fingerprint density at radius 1 is 1.05 bits per heavy atom. The number of hydrogen-bond acceptors (Lipinski definition) is 3. The second-order valence-corrected chi connectivity index (χ2v) is 4.50. The normalized spacial score (nSPS) is 10.4. The minimum Gasteiger partial charge on any atom is -0.399 e. The number of aromatic nitrogens is 1. The lowest BCUT2D eigenvalue weighted by Gasteiger charge is -2.06. The molecule has 1 aromatic heterocycles. The van der Waals surface area contributed by atoms with Gasteiger partial charge in [0.15, 0.2) is 0 Å². The maximum Gasteiger partial charge on any atom is 0.255 e. The Balaban J connectivity index is 1.87. The van der Waals surface area contributed by atoms with Gasteiger partial charge in [-0.25, -0.2) is 0 Å². The maximum absolute atomic E-state index is 12.1. The minimum atomic E-state index is -0.200. The van der Waals surface area contributed by atoms with Crippen molar-refractivity contribution < 1.29 is 4.79 Å². The SMILES string of the molecule is Nc1cccc(C(=O)Nc2cnc3ccccc3c2)c1. The number of rotatable bonds is 2. The molecule has 3 rings (SSSR count). The van der Waals surface area contributed by atoms with Gasteiger partial charge in [0, 0.05) is 16.6 Å². The first-order valence-corrected chi connectivity index (χ1v) is 6.24. The van der Waals surface area contributed by atoms with Gasteiger partial charge >= 0.3 is 0 Å². The van der Waals surface area contributed by atoms with Crippen LogP contribution in [0.3, 0.4) is 0 Å². The van der Waals surface area contributed by atoms with Crippen LogP contribution in [-0.4, -0.2) is 10.9 Å². The van der Waals surface area contributed by atoms with E-state index in [2.05, 4.69) is 10.3 Å². The number of nitrogens with one attached hydrogen (secondary N) is 1. The van der Waals surface area contributed by atoms with Crippen LogP contribution in [0, 0.1) is 0 Å². The van der Waals surface area contributed by atoms with Gasteiger partial charge in [-0.1, -0.05) is 24.3 Å². The first-order valence-electron chi connectivity index (χ1n) is 6.24. The lowest BCUT2D eigenvalue weighted by molar-refractivity contribution is 0.102. The van der Waals surface area contributed by atoms with E-state index >= 15 is 0 Å².